The lowest BCUT2D eigenvalue weighted by molar-refractivity contribution is -0.142. The van der Waals surface area contributed by atoms with Gasteiger partial charge in [-0.25, -0.2) is 0 Å². The maximum Gasteiger partial charge on any atom is 0.313 e. The fourth-order valence-electron chi connectivity index (χ4n) is 2.17. The van der Waals surface area contributed by atoms with E-state index in [0.717, 1.165) is 24.2 Å². The number of ether oxygens (including phenoxy) is 1. The second-order valence-corrected chi connectivity index (χ2v) is 4.37. The molecule has 3 nitrogen and oxygen atoms in total. The Kier molecular flexibility index (Phi) is 3.06. The van der Waals surface area contributed by atoms with Crippen molar-refractivity contribution in [3.8, 4) is 0 Å². The van der Waals surface area contributed by atoms with Crippen LogP contribution in [0.1, 0.15) is 17.9 Å². The minimum atomic E-state index is -0.232. The van der Waals surface area contributed by atoms with Crippen molar-refractivity contribution >= 4 is 23.3 Å². The van der Waals surface area contributed by atoms with Gasteiger partial charge in [-0.3, -0.25) is 4.79 Å². The Balaban J connectivity index is 2.50. The monoisotopic (exact) mass is 239 g/mol. The Labute approximate surface area is 100.0 Å². The lowest BCUT2D eigenvalue weighted by Gasteiger charge is -2.32. The van der Waals surface area contributed by atoms with Crippen LogP contribution in [0.4, 0.5) is 5.69 Å². The Bertz CT molecular complexity index is 419. The molecule has 4 heteroatoms. The molecule has 2 rings (SSSR count). The highest BCUT2D eigenvalue weighted by molar-refractivity contribution is 6.32. The normalized spacial score (nSPS) is 19.2. The van der Waals surface area contributed by atoms with Gasteiger partial charge >= 0.3 is 5.97 Å². The lowest BCUT2D eigenvalue weighted by Crippen LogP contribution is -2.31. The number of fused-ring (bicyclic) bond motifs is 1. The van der Waals surface area contributed by atoms with Crippen LogP contribution in [0.15, 0.2) is 18.2 Å². The first-order valence-corrected chi connectivity index (χ1v) is 5.60. The van der Waals surface area contributed by atoms with Gasteiger partial charge in [0.25, 0.3) is 0 Å². The van der Waals surface area contributed by atoms with Crippen molar-refractivity contribution in [1.82, 2.24) is 0 Å². The summed E-state index contributed by atoms with van der Waals surface area (Å²) in [6, 6.07) is 5.70. The molecule has 0 spiro atoms. The van der Waals surface area contributed by atoms with Crippen LogP contribution in [0, 0.1) is 0 Å². The number of nitrogens with zero attached hydrogens (tertiary/aromatic N) is 1. The number of rotatable bonds is 1. The molecule has 0 aliphatic carbocycles. The molecule has 1 aliphatic heterocycles. The van der Waals surface area contributed by atoms with E-state index in [9.17, 15) is 4.79 Å². The summed E-state index contributed by atoms with van der Waals surface area (Å²) in [5.74, 6) is -0.438. The summed E-state index contributed by atoms with van der Waals surface area (Å²) in [6.45, 7) is 0.840. The SMILES string of the molecule is COC(=O)C1CCN(C)c2cccc(Cl)c21. The van der Waals surface area contributed by atoms with Gasteiger partial charge in [0.2, 0.25) is 0 Å². The van der Waals surface area contributed by atoms with Crippen LogP contribution in [0.3, 0.4) is 0 Å². The second-order valence-electron chi connectivity index (χ2n) is 3.96. The molecule has 0 aromatic heterocycles. The maximum atomic E-state index is 11.7. The minimum absolute atomic E-state index is 0.206. The van der Waals surface area contributed by atoms with E-state index in [4.69, 9.17) is 16.3 Å². The first-order valence-electron chi connectivity index (χ1n) is 5.22. The molecule has 86 valence electrons. The zero-order valence-electron chi connectivity index (χ0n) is 9.37. The largest absolute Gasteiger partial charge is 0.469 e. The van der Waals surface area contributed by atoms with Gasteiger partial charge in [0, 0.05) is 29.9 Å². The number of benzene rings is 1. The summed E-state index contributed by atoms with van der Waals surface area (Å²) in [5.41, 5.74) is 1.92. The van der Waals surface area contributed by atoms with Crippen molar-refractivity contribution in [2.45, 2.75) is 12.3 Å². The van der Waals surface area contributed by atoms with Gasteiger partial charge in [-0.15, -0.1) is 0 Å². The second kappa shape index (κ2) is 4.34. The number of methoxy groups -OCH3 is 1. The molecule has 0 amide bonds. The molecule has 0 bridgehead atoms. The van der Waals surface area contributed by atoms with Crippen molar-refractivity contribution < 1.29 is 9.53 Å². The molecule has 0 fully saturated rings. The number of esters is 1. The van der Waals surface area contributed by atoms with Crippen molar-refractivity contribution in [2.24, 2.45) is 0 Å². The van der Waals surface area contributed by atoms with Crippen LogP contribution in [0.25, 0.3) is 0 Å². The predicted molar refractivity (Wildman–Crippen MR) is 64.1 cm³/mol. The van der Waals surface area contributed by atoms with Crippen LogP contribution in [-0.4, -0.2) is 26.7 Å². The van der Waals surface area contributed by atoms with Gasteiger partial charge in [-0.1, -0.05) is 17.7 Å². The molecule has 0 saturated heterocycles. The molecule has 1 atom stereocenters. The van der Waals surface area contributed by atoms with Gasteiger partial charge in [0.05, 0.1) is 13.0 Å². The fourth-order valence-corrected chi connectivity index (χ4v) is 2.47. The van der Waals surface area contributed by atoms with Crippen LogP contribution in [-0.2, 0) is 9.53 Å². The Hall–Kier alpha value is -1.22. The molecule has 1 heterocycles. The molecule has 1 unspecified atom stereocenters. The number of hydrogen-bond acceptors (Lipinski definition) is 3. The Morgan fingerprint density at radius 1 is 1.56 bits per heavy atom. The molecule has 16 heavy (non-hydrogen) atoms. The smallest absolute Gasteiger partial charge is 0.313 e. The lowest BCUT2D eigenvalue weighted by atomic mass is 9.90. The Morgan fingerprint density at radius 2 is 2.31 bits per heavy atom. The fraction of sp³-hybridized carbons (Fsp3) is 0.417. The van der Waals surface area contributed by atoms with Crippen molar-refractivity contribution in [3.63, 3.8) is 0 Å². The molecular weight excluding hydrogens is 226 g/mol. The Morgan fingerprint density at radius 3 is 3.00 bits per heavy atom. The van der Waals surface area contributed by atoms with Crippen molar-refractivity contribution in [1.29, 1.82) is 0 Å². The predicted octanol–water partition coefficient (Wildman–Crippen LogP) is 2.44. The summed E-state index contributed by atoms with van der Waals surface area (Å²) >= 11 is 6.17. The molecule has 0 N–H and O–H groups in total. The third-order valence-corrected chi connectivity index (χ3v) is 3.36. The first kappa shape index (κ1) is 11.3. The molecule has 1 aromatic rings. The van der Waals surface area contributed by atoms with Gasteiger partial charge in [0.1, 0.15) is 0 Å². The number of hydrogen-bond donors (Lipinski definition) is 0. The number of anilines is 1. The summed E-state index contributed by atoms with van der Waals surface area (Å²) in [4.78, 5) is 13.8. The minimum Gasteiger partial charge on any atom is -0.469 e. The summed E-state index contributed by atoms with van der Waals surface area (Å²) in [7, 11) is 3.42. The third-order valence-electron chi connectivity index (χ3n) is 3.03. The summed E-state index contributed by atoms with van der Waals surface area (Å²) in [6.07, 6.45) is 0.750. The van der Waals surface area contributed by atoms with E-state index in [1.54, 1.807) is 0 Å². The molecule has 1 aliphatic rings. The highest BCUT2D eigenvalue weighted by Gasteiger charge is 2.31. The quantitative estimate of drug-likeness (QED) is 0.705. The van der Waals surface area contributed by atoms with Gasteiger partial charge < -0.3 is 9.64 Å². The average Bonchev–Trinajstić information content (AvgIpc) is 2.30. The molecule has 0 radical (unpaired) electrons. The average molecular weight is 240 g/mol. The van der Waals surface area contributed by atoms with E-state index >= 15 is 0 Å². The summed E-state index contributed by atoms with van der Waals surface area (Å²) < 4.78 is 4.82. The van der Waals surface area contributed by atoms with Gasteiger partial charge in [-0.05, 0) is 18.6 Å². The van der Waals surface area contributed by atoms with E-state index in [1.807, 2.05) is 25.2 Å². The standard InChI is InChI=1S/C12H14ClNO2/c1-14-7-6-8(12(15)16-2)11-9(13)4-3-5-10(11)14/h3-5,8H,6-7H2,1-2H3. The van der Waals surface area contributed by atoms with Crippen LogP contribution < -0.4 is 4.90 Å². The van der Waals surface area contributed by atoms with Crippen molar-refractivity contribution in [3.05, 3.63) is 28.8 Å². The molecule has 0 saturated carbocycles. The van der Waals surface area contributed by atoms with Crippen LogP contribution >= 0.6 is 11.6 Å². The first-order chi connectivity index (χ1) is 7.65. The maximum absolute atomic E-state index is 11.7. The highest BCUT2D eigenvalue weighted by Crippen LogP contribution is 2.39. The van der Waals surface area contributed by atoms with E-state index in [2.05, 4.69) is 4.90 Å². The van der Waals surface area contributed by atoms with Gasteiger partial charge in [-0.2, -0.15) is 0 Å². The number of carbonyl (C=O) groups excluding carboxylic acids is 1. The number of halogens is 1. The zero-order valence-corrected chi connectivity index (χ0v) is 10.1. The molecular formula is C12H14ClNO2. The van der Waals surface area contributed by atoms with Crippen molar-refractivity contribution in [2.75, 3.05) is 25.6 Å². The number of carbonyl (C=O) groups is 1. The van der Waals surface area contributed by atoms with Crippen LogP contribution in [0.2, 0.25) is 5.02 Å². The zero-order chi connectivity index (χ0) is 11.7. The highest BCUT2D eigenvalue weighted by atomic mass is 35.5. The van der Waals surface area contributed by atoms with E-state index in [-0.39, 0.29) is 11.9 Å². The van der Waals surface area contributed by atoms with E-state index in [0.29, 0.717) is 5.02 Å². The molecule has 1 aromatic carbocycles. The third kappa shape index (κ3) is 1.76. The topological polar surface area (TPSA) is 29.5 Å². The van der Waals surface area contributed by atoms with Gasteiger partial charge in [0.15, 0.2) is 0 Å². The summed E-state index contributed by atoms with van der Waals surface area (Å²) in [5, 5.41) is 0.638. The van der Waals surface area contributed by atoms with E-state index in [1.165, 1.54) is 7.11 Å². The van der Waals surface area contributed by atoms with E-state index < -0.39 is 0 Å². The van der Waals surface area contributed by atoms with Crippen LogP contribution in [0.5, 0.6) is 0 Å².